The number of hydrogen-bond acceptors (Lipinski definition) is 4. The van der Waals surface area contributed by atoms with Crippen LogP contribution in [0.25, 0.3) is 0 Å². The first-order chi connectivity index (χ1) is 14.0. The summed E-state index contributed by atoms with van der Waals surface area (Å²) < 4.78 is 0. The van der Waals surface area contributed by atoms with Crippen molar-refractivity contribution < 1.29 is 9.59 Å². The predicted octanol–water partition coefficient (Wildman–Crippen LogP) is 4.05. The highest BCUT2D eigenvalue weighted by Gasteiger charge is 2.22. The standard InChI is InChI=1S/C23H23N3O2S/c1-26(2)19-13-9-12-18(16-19)22(27)24-25-23(28)21(17-10-5-3-6-11-17)29-20-14-7-4-8-15-20/h3-16,21H,1-2H3,(H,24,27)(H,25,28). The first kappa shape index (κ1) is 20.5. The summed E-state index contributed by atoms with van der Waals surface area (Å²) in [4.78, 5) is 28.3. The first-order valence-electron chi connectivity index (χ1n) is 9.19. The van der Waals surface area contributed by atoms with E-state index in [1.54, 1.807) is 12.1 Å². The van der Waals surface area contributed by atoms with Crippen LogP contribution in [0.3, 0.4) is 0 Å². The maximum atomic E-state index is 12.9. The number of carbonyl (C=O) groups is 2. The zero-order chi connectivity index (χ0) is 20.6. The Balaban J connectivity index is 1.71. The molecule has 0 aromatic heterocycles. The van der Waals surface area contributed by atoms with Gasteiger partial charge < -0.3 is 4.90 Å². The van der Waals surface area contributed by atoms with Crippen molar-refractivity contribution in [2.45, 2.75) is 10.1 Å². The third kappa shape index (κ3) is 5.62. The molecule has 0 radical (unpaired) electrons. The molecule has 3 aromatic carbocycles. The highest BCUT2D eigenvalue weighted by atomic mass is 32.2. The van der Waals surface area contributed by atoms with Crippen LogP contribution in [0.1, 0.15) is 21.2 Å². The van der Waals surface area contributed by atoms with Crippen LogP contribution < -0.4 is 15.8 Å². The van der Waals surface area contributed by atoms with Crippen molar-refractivity contribution in [1.82, 2.24) is 10.9 Å². The molecule has 0 aliphatic heterocycles. The van der Waals surface area contributed by atoms with Gasteiger partial charge in [0.05, 0.1) is 0 Å². The molecule has 0 fully saturated rings. The first-order valence-corrected chi connectivity index (χ1v) is 10.1. The van der Waals surface area contributed by atoms with Gasteiger partial charge in [-0.3, -0.25) is 20.4 Å². The summed E-state index contributed by atoms with van der Waals surface area (Å²) in [5, 5.41) is -0.494. The molecule has 0 aliphatic carbocycles. The summed E-state index contributed by atoms with van der Waals surface area (Å²) in [6, 6.07) is 26.4. The van der Waals surface area contributed by atoms with E-state index in [1.807, 2.05) is 91.8 Å². The Kier molecular flexibility index (Phi) is 6.92. The van der Waals surface area contributed by atoms with Gasteiger partial charge in [-0.2, -0.15) is 0 Å². The van der Waals surface area contributed by atoms with Crippen LogP contribution in [-0.4, -0.2) is 25.9 Å². The third-order valence-electron chi connectivity index (χ3n) is 4.26. The lowest BCUT2D eigenvalue weighted by Gasteiger charge is -2.18. The van der Waals surface area contributed by atoms with Gasteiger partial charge in [-0.05, 0) is 35.9 Å². The minimum atomic E-state index is -0.494. The Morgan fingerprint density at radius 3 is 2.14 bits per heavy atom. The zero-order valence-corrected chi connectivity index (χ0v) is 17.1. The maximum Gasteiger partial charge on any atom is 0.269 e. The Labute approximate surface area is 175 Å². The molecule has 0 heterocycles. The van der Waals surface area contributed by atoms with E-state index in [4.69, 9.17) is 0 Å². The van der Waals surface area contributed by atoms with Crippen LogP contribution in [0, 0.1) is 0 Å². The van der Waals surface area contributed by atoms with E-state index in [0.29, 0.717) is 5.56 Å². The van der Waals surface area contributed by atoms with Gasteiger partial charge >= 0.3 is 0 Å². The normalized spacial score (nSPS) is 11.4. The molecule has 6 heteroatoms. The average molecular weight is 406 g/mol. The molecule has 0 aliphatic rings. The number of thioether (sulfide) groups is 1. The topological polar surface area (TPSA) is 61.4 Å². The van der Waals surface area contributed by atoms with Crippen molar-refractivity contribution in [3.8, 4) is 0 Å². The molecule has 0 saturated carbocycles. The molecule has 2 amide bonds. The smallest absolute Gasteiger partial charge is 0.269 e. The van der Waals surface area contributed by atoms with Gasteiger partial charge in [0.2, 0.25) is 0 Å². The summed E-state index contributed by atoms with van der Waals surface area (Å²) >= 11 is 1.43. The molecule has 5 nitrogen and oxygen atoms in total. The lowest BCUT2D eigenvalue weighted by molar-refractivity contribution is -0.121. The quantitative estimate of drug-likeness (QED) is 0.480. The molecular weight excluding hydrogens is 382 g/mol. The second-order valence-electron chi connectivity index (χ2n) is 6.61. The van der Waals surface area contributed by atoms with Gasteiger partial charge in [0.1, 0.15) is 5.25 Å². The number of hydrazine groups is 1. The molecule has 2 N–H and O–H groups in total. The summed E-state index contributed by atoms with van der Waals surface area (Å²) in [6.45, 7) is 0. The van der Waals surface area contributed by atoms with Crippen LogP contribution in [0.5, 0.6) is 0 Å². The summed E-state index contributed by atoms with van der Waals surface area (Å²) in [5.74, 6) is -0.652. The van der Waals surface area contributed by atoms with Gasteiger partial charge in [-0.15, -0.1) is 11.8 Å². The van der Waals surface area contributed by atoms with E-state index in [9.17, 15) is 9.59 Å². The van der Waals surface area contributed by atoms with Crippen molar-refractivity contribution >= 4 is 29.3 Å². The number of nitrogens with one attached hydrogen (secondary N) is 2. The fourth-order valence-electron chi connectivity index (χ4n) is 2.72. The van der Waals surface area contributed by atoms with Crippen LogP contribution >= 0.6 is 11.8 Å². The molecule has 29 heavy (non-hydrogen) atoms. The lowest BCUT2D eigenvalue weighted by Crippen LogP contribution is -2.43. The van der Waals surface area contributed by atoms with E-state index in [-0.39, 0.29) is 11.8 Å². The monoisotopic (exact) mass is 405 g/mol. The Morgan fingerprint density at radius 2 is 1.48 bits per heavy atom. The second-order valence-corrected chi connectivity index (χ2v) is 7.79. The molecule has 0 bridgehead atoms. The largest absolute Gasteiger partial charge is 0.378 e. The zero-order valence-electron chi connectivity index (χ0n) is 16.3. The third-order valence-corrected chi connectivity index (χ3v) is 5.53. The number of amides is 2. The second kappa shape index (κ2) is 9.80. The lowest BCUT2D eigenvalue weighted by atomic mass is 10.1. The number of nitrogens with zero attached hydrogens (tertiary/aromatic N) is 1. The molecule has 148 valence electrons. The van der Waals surface area contributed by atoms with Crippen LogP contribution in [-0.2, 0) is 4.79 Å². The molecule has 0 saturated heterocycles. The number of carbonyl (C=O) groups excluding carboxylic acids is 2. The summed E-state index contributed by atoms with van der Waals surface area (Å²) in [5.41, 5.74) is 7.35. The Hall–Kier alpha value is -3.25. The molecule has 0 spiro atoms. The van der Waals surface area contributed by atoms with Crippen molar-refractivity contribution in [1.29, 1.82) is 0 Å². The van der Waals surface area contributed by atoms with Gasteiger partial charge in [-0.1, -0.05) is 54.6 Å². The predicted molar refractivity (Wildman–Crippen MR) is 118 cm³/mol. The fourth-order valence-corrected chi connectivity index (χ4v) is 3.76. The molecule has 3 aromatic rings. The number of rotatable bonds is 6. The van der Waals surface area contributed by atoms with Gasteiger partial charge in [-0.25, -0.2) is 0 Å². The van der Waals surface area contributed by atoms with Crippen molar-refractivity contribution in [3.63, 3.8) is 0 Å². The SMILES string of the molecule is CN(C)c1cccc(C(=O)NNC(=O)C(Sc2ccccc2)c2ccccc2)c1. The highest BCUT2D eigenvalue weighted by Crippen LogP contribution is 2.35. The van der Waals surface area contributed by atoms with E-state index in [2.05, 4.69) is 10.9 Å². The van der Waals surface area contributed by atoms with Gasteiger partial charge in [0.25, 0.3) is 11.8 Å². The minimum absolute atomic E-state index is 0.290. The van der Waals surface area contributed by atoms with Crippen LogP contribution in [0.15, 0.2) is 89.8 Å². The maximum absolute atomic E-state index is 12.9. The van der Waals surface area contributed by atoms with Gasteiger partial charge in [0, 0.05) is 30.2 Å². The van der Waals surface area contributed by atoms with Crippen molar-refractivity contribution in [3.05, 3.63) is 96.1 Å². The van der Waals surface area contributed by atoms with Crippen molar-refractivity contribution in [2.24, 2.45) is 0 Å². The Bertz CT molecular complexity index is 962. The average Bonchev–Trinajstić information content (AvgIpc) is 2.77. The Morgan fingerprint density at radius 1 is 0.828 bits per heavy atom. The van der Waals surface area contributed by atoms with E-state index < -0.39 is 5.25 Å². The number of anilines is 1. The molecule has 1 atom stereocenters. The molecular formula is C23H23N3O2S. The fraction of sp³-hybridized carbons (Fsp3) is 0.130. The number of benzene rings is 3. The van der Waals surface area contributed by atoms with Crippen LogP contribution in [0.4, 0.5) is 5.69 Å². The van der Waals surface area contributed by atoms with Gasteiger partial charge in [0.15, 0.2) is 0 Å². The van der Waals surface area contributed by atoms with Crippen LogP contribution in [0.2, 0.25) is 0 Å². The molecule has 3 rings (SSSR count). The molecule has 1 unspecified atom stereocenters. The van der Waals surface area contributed by atoms with Crippen molar-refractivity contribution in [2.75, 3.05) is 19.0 Å². The number of hydrogen-bond donors (Lipinski definition) is 2. The van der Waals surface area contributed by atoms with E-state index >= 15 is 0 Å². The summed E-state index contributed by atoms with van der Waals surface area (Å²) in [6.07, 6.45) is 0. The highest BCUT2D eigenvalue weighted by molar-refractivity contribution is 8.00. The van der Waals surface area contributed by atoms with E-state index in [0.717, 1.165) is 16.1 Å². The van der Waals surface area contributed by atoms with E-state index in [1.165, 1.54) is 11.8 Å². The minimum Gasteiger partial charge on any atom is -0.378 e. The summed E-state index contributed by atoms with van der Waals surface area (Å²) in [7, 11) is 3.81.